The lowest BCUT2D eigenvalue weighted by Gasteiger charge is -2.34. The molecule has 22 N–H and O–H groups in total. The van der Waals surface area contributed by atoms with E-state index in [2.05, 4.69) is 73.8 Å². The number of H-pyrrole nitrogens is 1. The van der Waals surface area contributed by atoms with E-state index < -0.39 is 229 Å². The molecule has 2 bridgehead atoms. The fourth-order valence-electron chi connectivity index (χ4n) is 13.9. The van der Waals surface area contributed by atoms with E-state index in [4.69, 9.17) is 16.9 Å². The lowest BCUT2D eigenvalue weighted by atomic mass is 9.90. The molecule has 14 atom stereocenters. The van der Waals surface area contributed by atoms with Gasteiger partial charge in [-0.1, -0.05) is 84.9 Å². The van der Waals surface area contributed by atoms with Crippen LogP contribution in [0.5, 0.6) is 0 Å². The van der Waals surface area contributed by atoms with E-state index in [9.17, 15) is 78.0 Å². The number of benzene rings is 3. The number of carbonyl (C=O) groups excluding carboxylic acids is 14. The SMILES string of the molecule is CSCC[C@H](NC(C)=O)C(=O)N[C@H]1CSCc2cccc(c2)CSC[C@@H](C(=O)NC(CC(=O)O)C(=O)N[C@@H](Cc2c[nH]cn2)C(=O)NC(C)(Cc2ccccc2)C(=O)N[C@@H](CCCNC(=N)N)C(=O)N[C@@H](CC(=O)O)C(N)=O)NC(=O)[C@H](Cc2ccccc2)NC(=O)[C@H](CCC(=O)O)NC(=O)[C@H]([C@@H](C)O)NC(=O)[C@@H]2CCCN2C(=O)[C@@H]2CCCN2C1=O. The van der Waals surface area contributed by atoms with E-state index in [1.165, 1.54) is 59.7 Å². The summed E-state index contributed by atoms with van der Waals surface area (Å²) < 4.78 is 0. The maximum atomic E-state index is 15.3. The molecular formula is C79H107N19O21S3. The lowest BCUT2D eigenvalue weighted by molar-refractivity contribution is -0.148. The third-order valence-corrected chi connectivity index (χ3v) is 23.0. The molecule has 662 valence electrons. The van der Waals surface area contributed by atoms with Crippen LogP contribution < -0.4 is 75.3 Å². The summed E-state index contributed by atoms with van der Waals surface area (Å²) in [5.74, 6) is -18.6. The van der Waals surface area contributed by atoms with Gasteiger partial charge in [0.2, 0.25) is 82.7 Å². The highest BCUT2D eigenvalue weighted by molar-refractivity contribution is 7.99. The largest absolute Gasteiger partial charge is 0.481 e. The van der Waals surface area contributed by atoms with Gasteiger partial charge in [-0.3, -0.25) is 86.9 Å². The minimum absolute atomic E-state index is 0.0180. The van der Waals surface area contributed by atoms with Crippen molar-refractivity contribution in [1.82, 2.24) is 83.6 Å². The number of carbonyl (C=O) groups is 17. The van der Waals surface area contributed by atoms with Crippen molar-refractivity contribution in [3.8, 4) is 0 Å². The zero-order chi connectivity index (χ0) is 89.3. The molecule has 122 heavy (non-hydrogen) atoms. The number of nitrogens with one attached hydrogen (secondary N) is 14. The predicted octanol–water partition coefficient (Wildman–Crippen LogP) is -2.96. The molecule has 0 radical (unpaired) electrons. The Bertz CT molecular complexity index is 4380. The summed E-state index contributed by atoms with van der Waals surface area (Å²) in [6.45, 7) is 3.77. The summed E-state index contributed by atoms with van der Waals surface area (Å²) in [7, 11) is 0. The van der Waals surface area contributed by atoms with Gasteiger partial charge in [-0.25, -0.2) is 4.98 Å². The molecule has 40 nitrogen and oxygen atoms in total. The van der Waals surface area contributed by atoms with Crippen LogP contribution in [0.1, 0.15) is 119 Å². The first-order valence-electron chi connectivity index (χ1n) is 39.5. The Balaban J connectivity index is 1.26. The second kappa shape index (κ2) is 48.0. The first-order chi connectivity index (χ1) is 58.0. The molecule has 2 saturated heterocycles. The standard InChI is InChI=1S/C79H107N19O21S3/c1-43(99)64-74(116)87-51(24-25-61(101)102)67(109)89-54(32-45-15-7-5-8-16-45)69(111)92-57(40-121-38-47-19-11-20-48(31-47)39-122-41-58(93-68(110)52(26-30-120-4)86-44(2)100)75(117)98-29-14-23-60(98)76(118)97-28-13-22-59(97)73(115)95-64)71(113)91-56(35-63(105)106)70(112)90-55(33-49-37-83-42-85-49)72(114)96-79(3,36-46-17-9-6-10-18-46)77(119)94-50(21-12-27-84-78(81)82)66(108)88-53(65(80)107)34-62(103)104/h5-11,15-20,31,37,42-43,50-60,64,99H,12-14,21-30,32-36,38-41H2,1-4H3,(H2,80,107)(H,83,85)(H,86,100)(H,87,116)(H,88,108)(H,89,109)(H,90,112)(H,91,113)(H,92,111)(H,93,110)(H,94,119)(H,95,115)(H,96,114)(H,101,102)(H,103,104)(H,105,106)(H4,81,82,84)/t43-,50+,51+,52+,53+,54+,55+,56?,57+,58+,59+,60+,64+,79?/m1/s1. The molecule has 2 unspecified atom stereocenters. The number of aliphatic hydroxyl groups excluding tert-OH is 1. The lowest BCUT2D eigenvalue weighted by Crippen LogP contribution is -2.65. The van der Waals surface area contributed by atoms with Gasteiger partial charge in [-0.2, -0.15) is 35.3 Å². The van der Waals surface area contributed by atoms with E-state index in [-0.39, 0.29) is 87.5 Å². The van der Waals surface area contributed by atoms with Crippen LogP contribution in [-0.2, 0) is 112 Å². The molecule has 4 heterocycles. The average molecular weight is 1760 g/mol. The summed E-state index contributed by atoms with van der Waals surface area (Å²) >= 11 is 3.73. The third-order valence-electron chi connectivity index (χ3n) is 20.1. The Morgan fingerprint density at radius 3 is 1.84 bits per heavy atom. The van der Waals surface area contributed by atoms with Gasteiger partial charge in [0.25, 0.3) is 0 Å². The van der Waals surface area contributed by atoms with Crippen molar-refractivity contribution in [2.75, 3.05) is 43.1 Å². The van der Waals surface area contributed by atoms with Crippen molar-refractivity contribution < 1.29 is 102 Å². The van der Waals surface area contributed by atoms with E-state index in [1.807, 2.05) is 12.3 Å². The van der Waals surface area contributed by atoms with Crippen LogP contribution in [0.15, 0.2) is 97.5 Å². The molecule has 2 fully saturated rings. The molecule has 43 heteroatoms. The summed E-state index contributed by atoms with van der Waals surface area (Å²) in [4.78, 5) is 249. The third kappa shape index (κ3) is 30.7. The van der Waals surface area contributed by atoms with E-state index >= 15 is 24.0 Å². The molecule has 3 aliphatic heterocycles. The number of aromatic nitrogens is 2. The second-order valence-corrected chi connectivity index (χ2v) is 32.9. The summed E-state index contributed by atoms with van der Waals surface area (Å²) in [5.41, 5.74) is 11.1. The van der Waals surface area contributed by atoms with E-state index in [1.54, 1.807) is 78.9 Å². The first kappa shape index (κ1) is 97.3. The molecule has 3 aromatic carbocycles. The van der Waals surface area contributed by atoms with Gasteiger partial charge in [0.15, 0.2) is 5.96 Å². The van der Waals surface area contributed by atoms with Gasteiger partial charge in [0.1, 0.15) is 78.0 Å². The molecule has 3 aliphatic rings. The van der Waals surface area contributed by atoms with Gasteiger partial charge in [0, 0.05) is 81.4 Å². The number of rotatable bonds is 35. The van der Waals surface area contributed by atoms with Crippen LogP contribution in [-0.4, -0.2) is 274 Å². The monoisotopic (exact) mass is 1750 g/mol. The summed E-state index contributed by atoms with van der Waals surface area (Å²) in [6, 6.07) is 3.98. The highest BCUT2D eigenvalue weighted by Crippen LogP contribution is 2.28. The molecular weight excluding hydrogens is 1650 g/mol. The minimum Gasteiger partial charge on any atom is -0.481 e. The molecule has 1 aromatic heterocycles. The van der Waals surface area contributed by atoms with Gasteiger partial charge >= 0.3 is 17.9 Å². The maximum Gasteiger partial charge on any atom is 0.305 e. The zero-order valence-corrected chi connectivity index (χ0v) is 70.2. The quantitative estimate of drug-likeness (QED) is 0.0124. The fourth-order valence-corrected chi connectivity index (χ4v) is 16.4. The van der Waals surface area contributed by atoms with Crippen molar-refractivity contribution in [3.63, 3.8) is 0 Å². The van der Waals surface area contributed by atoms with E-state index in [0.717, 1.165) is 18.7 Å². The number of fused-ring (bicyclic) bond motifs is 4. The van der Waals surface area contributed by atoms with E-state index in [0.29, 0.717) is 40.8 Å². The summed E-state index contributed by atoms with van der Waals surface area (Å²) in [6.07, 6.45) is -1.23. The first-order valence-corrected chi connectivity index (χ1v) is 43.2. The number of carboxylic acid groups (broad SMARTS) is 3. The molecule has 0 aliphatic carbocycles. The van der Waals surface area contributed by atoms with Crippen LogP contribution in [0.3, 0.4) is 0 Å². The molecule has 0 spiro atoms. The van der Waals surface area contributed by atoms with Crippen LogP contribution in [0.25, 0.3) is 0 Å². The van der Waals surface area contributed by atoms with Gasteiger partial charge in [-0.15, -0.1) is 0 Å². The number of amides is 14. The maximum absolute atomic E-state index is 15.3. The fraction of sp³-hybridized carbons (Fsp3) is 0.506. The van der Waals surface area contributed by atoms with Crippen LogP contribution >= 0.6 is 35.3 Å². The Morgan fingerprint density at radius 1 is 0.648 bits per heavy atom. The van der Waals surface area contributed by atoms with Crippen LogP contribution in [0.2, 0.25) is 0 Å². The number of imidazole rings is 1. The Hall–Kier alpha value is -11.9. The Kier molecular flexibility index (Phi) is 38.2. The average Bonchev–Trinajstić information content (AvgIpc) is 1.65. The normalized spacial score (nSPS) is 20.9. The molecule has 7 rings (SSSR count). The highest BCUT2D eigenvalue weighted by Gasteiger charge is 2.47. The second-order valence-electron chi connectivity index (χ2n) is 29.9. The number of aliphatic hydroxyl groups is 1. The van der Waals surface area contributed by atoms with Gasteiger partial charge in [-0.05, 0) is 99.5 Å². The van der Waals surface area contributed by atoms with Crippen molar-refractivity contribution in [3.05, 3.63) is 125 Å². The van der Waals surface area contributed by atoms with Gasteiger partial charge < -0.3 is 110 Å². The number of aromatic amines is 1. The van der Waals surface area contributed by atoms with Crippen LogP contribution in [0, 0.1) is 5.41 Å². The van der Waals surface area contributed by atoms with Gasteiger partial charge in [0.05, 0.1) is 31.0 Å². The number of nitrogens with zero attached hydrogens (tertiary/aromatic N) is 3. The van der Waals surface area contributed by atoms with Crippen molar-refractivity contribution in [2.45, 2.75) is 206 Å². The number of thioether (sulfide) groups is 3. The van der Waals surface area contributed by atoms with Crippen molar-refractivity contribution >= 4 is 142 Å². The number of aliphatic carboxylic acids is 3. The predicted molar refractivity (Wildman–Crippen MR) is 447 cm³/mol. The number of primary amides is 1. The van der Waals surface area contributed by atoms with Crippen molar-refractivity contribution in [1.29, 1.82) is 5.41 Å². The van der Waals surface area contributed by atoms with Crippen molar-refractivity contribution in [2.24, 2.45) is 11.5 Å². The molecule has 4 aromatic rings. The number of hydrogen-bond donors (Lipinski definition) is 20. The Morgan fingerprint density at radius 2 is 1.24 bits per heavy atom. The number of nitrogens with two attached hydrogens (primary N) is 2. The topological polar surface area (TPSA) is 627 Å². The van der Waals surface area contributed by atoms with Crippen LogP contribution in [0.4, 0.5) is 0 Å². The minimum atomic E-state index is -2.12. The zero-order valence-electron chi connectivity index (χ0n) is 67.7. The number of hydrogen-bond acceptors (Lipinski definition) is 23. The number of carboxylic acids is 3. The highest BCUT2D eigenvalue weighted by atomic mass is 32.2. The molecule has 14 amide bonds. The number of guanidine groups is 1. The smallest absolute Gasteiger partial charge is 0.305 e. The summed E-state index contributed by atoms with van der Waals surface area (Å²) in [5, 5.41) is 79.3. The Labute approximate surface area is 715 Å². The molecule has 0 saturated carbocycles.